The lowest BCUT2D eigenvalue weighted by Crippen LogP contribution is -2.28. The van der Waals surface area contributed by atoms with Crippen molar-refractivity contribution in [1.82, 2.24) is 4.72 Å². The van der Waals surface area contributed by atoms with Gasteiger partial charge in [0, 0.05) is 13.1 Å². The molecular weight excluding hydrogens is 274 g/mol. The summed E-state index contributed by atoms with van der Waals surface area (Å²) in [7, 11) is -3.46. The van der Waals surface area contributed by atoms with Crippen LogP contribution in [0, 0.1) is 5.41 Å². The van der Waals surface area contributed by atoms with Crippen LogP contribution in [0.4, 0.5) is 5.69 Å². The number of sulfonamides is 1. The summed E-state index contributed by atoms with van der Waals surface area (Å²) in [5, 5.41) is 3.23. The average molecular weight is 299 g/mol. The zero-order chi connectivity index (χ0) is 15.2. The van der Waals surface area contributed by atoms with E-state index in [-0.39, 0.29) is 10.3 Å². The molecule has 0 aliphatic carbocycles. The van der Waals surface area contributed by atoms with E-state index in [0.717, 1.165) is 6.42 Å². The maximum Gasteiger partial charge on any atom is 0.242 e. The monoisotopic (exact) mass is 299 g/mol. The van der Waals surface area contributed by atoms with Crippen LogP contribution in [-0.4, -0.2) is 28.1 Å². The Hall–Kier alpha value is -1.11. The van der Waals surface area contributed by atoms with Gasteiger partial charge in [0.15, 0.2) is 0 Å². The number of nitrogens with two attached hydrogens (primary N) is 1. The van der Waals surface area contributed by atoms with Crippen LogP contribution in [0.1, 0.15) is 27.2 Å². The highest BCUT2D eigenvalue weighted by Gasteiger charge is 2.20. The fourth-order valence-corrected chi connectivity index (χ4v) is 3.15. The van der Waals surface area contributed by atoms with Gasteiger partial charge < -0.3 is 11.1 Å². The van der Waals surface area contributed by atoms with Gasteiger partial charge in [-0.15, -0.1) is 0 Å². The van der Waals surface area contributed by atoms with Gasteiger partial charge in [-0.05, 0) is 30.5 Å². The maximum atomic E-state index is 12.1. The molecule has 0 fully saturated rings. The van der Waals surface area contributed by atoms with E-state index in [9.17, 15) is 8.42 Å². The summed E-state index contributed by atoms with van der Waals surface area (Å²) in [6.45, 7) is 7.63. The molecule has 0 amide bonds. The van der Waals surface area contributed by atoms with Gasteiger partial charge in [0.1, 0.15) is 4.90 Å². The third-order valence-corrected chi connectivity index (χ3v) is 4.69. The average Bonchev–Trinajstić information content (AvgIpc) is 2.37. The van der Waals surface area contributed by atoms with E-state index in [4.69, 9.17) is 5.73 Å². The molecule has 0 radical (unpaired) electrons. The molecule has 0 unspecified atom stereocenters. The molecule has 0 saturated carbocycles. The van der Waals surface area contributed by atoms with Crippen LogP contribution in [0.2, 0.25) is 0 Å². The number of hydrogen-bond acceptors (Lipinski definition) is 4. The molecule has 0 aliphatic rings. The van der Waals surface area contributed by atoms with E-state index in [0.29, 0.717) is 25.3 Å². The Morgan fingerprint density at radius 3 is 2.50 bits per heavy atom. The highest BCUT2D eigenvalue weighted by molar-refractivity contribution is 7.89. The van der Waals surface area contributed by atoms with Crippen molar-refractivity contribution in [3.8, 4) is 0 Å². The lowest BCUT2D eigenvalue weighted by molar-refractivity contribution is 0.365. The lowest BCUT2D eigenvalue weighted by atomic mass is 9.89. The van der Waals surface area contributed by atoms with Crippen molar-refractivity contribution in [2.24, 2.45) is 11.1 Å². The first kappa shape index (κ1) is 16.9. The van der Waals surface area contributed by atoms with Crippen LogP contribution < -0.4 is 15.8 Å². The van der Waals surface area contributed by atoms with E-state index in [1.165, 1.54) is 0 Å². The van der Waals surface area contributed by atoms with Crippen LogP contribution >= 0.6 is 0 Å². The maximum absolute atomic E-state index is 12.1. The first-order valence-corrected chi connectivity index (χ1v) is 8.33. The number of anilines is 1. The quantitative estimate of drug-likeness (QED) is 0.683. The van der Waals surface area contributed by atoms with Gasteiger partial charge in [0.25, 0.3) is 0 Å². The second-order valence-corrected chi connectivity index (χ2v) is 7.29. The van der Waals surface area contributed by atoms with Gasteiger partial charge >= 0.3 is 0 Å². The van der Waals surface area contributed by atoms with E-state index >= 15 is 0 Å². The number of benzene rings is 1. The van der Waals surface area contributed by atoms with E-state index in [1.807, 2.05) is 6.07 Å². The van der Waals surface area contributed by atoms with Crippen LogP contribution in [-0.2, 0) is 10.0 Å². The van der Waals surface area contributed by atoms with E-state index in [1.54, 1.807) is 25.1 Å². The second-order valence-electron chi connectivity index (χ2n) is 5.55. The van der Waals surface area contributed by atoms with Crippen LogP contribution in [0.5, 0.6) is 0 Å². The Kier molecular flexibility index (Phi) is 5.98. The number of para-hydroxylation sites is 1. The topological polar surface area (TPSA) is 84.2 Å². The molecular formula is C14H25N3O2S. The van der Waals surface area contributed by atoms with Crippen molar-refractivity contribution >= 4 is 15.7 Å². The summed E-state index contributed by atoms with van der Waals surface area (Å²) in [5.41, 5.74) is 6.23. The molecule has 1 rings (SSSR count). The summed E-state index contributed by atoms with van der Waals surface area (Å²) >= 11 is 0. The minimum absolute atomic E-state index is 0.0177. The van der Waals surface area contributed by atoms with Gasteiger partial charge in [-0.1, -0.05) is 32.9 Å². The van der Waals surface area contributed by atoms with Gasteiger partial charge in [0.05, 0.1) is 5.69 Å². The van der Waals surface area contributed by atoms with Gasteiger partial charge in [-0.3, -0.25) is 0 Å². The van der Waals surface area contributed by atoms with Crippen molar-refractivity contribution < 1.29 is 8.42 Å². The van der Waals surface area contributed by atoms with E-state index in [2.05, 4.69) is 23.9 Å². The smallest absolute Gasteiger partial charge is 0.242 e. The van der Waals surface area contributed by atoms with Crippen molar-refractivity contribution in [1.29, 1.82) is 0 Å². The molecule has 1 aromatic rings. The van der Waals surface area contributed by atoms with Gasteiger partial charge in [-0.2, -0.15) is 0 Å². The fraction of sp³-hybridized carbons (Fsp3) is 0.571. The molecule has 0 aromatic heterocycles. The SMILES string of the molecule is CCNS(=O)(=O)c1ccccc1NCC(C)(C)CCN. The molecule has 0 aliphatic heterocycles. The molecule has 0 heterocycles. The van der Waals surface area contributed by atoms with Crippen molar-refractivity contribution in [3.05, 3.63) is 24.3 Å². The summed E-state index contributed by atoms with van der Waals surface area (Å²) in [6.07, 6.45) is 0.877. The minimum Gasteiger partial charge on any atom is -0.383 e. The van der Waals surface area contributed by atoms with Crippen LogP contribution in [0.3, 0.4) is 0 Å². The molecule has 1 aromatic carbocycles. The second kappa shape index (κ2) is 7.06. The molecule has 0 spiro atoms. The molecule has 4 N–H and O–H groups in total. The largest absolute Gasteiger partial charge is 0.383 e. The first-order valence-electron chi connectivity index (χ1n) is 6.85. The van der Waals surface area contributed by atoms with E-state index < -0.39 is 10.0 Å². The zero-order valence-electron chi connectivity index (χ0n) is 12.4. The number of nitrogens with one attached hydrogen (secondary N) is 2. The Balaban J connectivity index is 2.92. The van der Waals surface area contributed by atoms with Crippen molar-refractivity contribution in [3.63, 3.8) is 0 Å². The number of rotatable bonds is 8. The van der Waals surface area contributed by atoms with Crippen molar-refractivity contribution in [2.45, 2.75) is 32.1 Å². The molecule has 6 heteroatoms. The zero-order valence-corrected chi connectivity index (χ0v) is 13.3. The molecule has 20 heavy (non-hydrogen) atoms. The third-order valence-electron chi connectivity index (χ3n) is 3.09. The summed E-state index contributed by atoms with van der Waals surface area (Å²) in [6, 6.07) is 6.93. The van der Waals surface area contributed by atoms with Crippen LogP contribution in [0.25, 0.3) is 0 Å². The van der Waals surface area contributed by atoms with Crippen LogP contribution in [0.15, 0.2) is 29.2 Å². The lowest BCUT2D eigenvalue weighted by Gasteiger charge is -2.25. The predicted octanol–water partition coefficient (Wildman–Crippen LogP) is 1.77. The van der Waals surface area contributed by atoms with Gasteiger partial charge in [0.2, 0.25) is 10.0 Å². The fourth-order valence-electron chi connectivity index (χ4n) is 1.93. The molecule has 0 bridgehead atoms. The Bertz CT molecular complexity index is 527. The Morgan fingerprint density at radius 1 is 1.25 bits per heavy atom. The van der Waals surface area contributed by atoms with Crippen molar-refractivity contribution in [2.75, 3.05) is 25.0 Å². The molecule has 0 saturated heterocycles. The Morgan fingerprint density at radius 2 is 1.90 bits per heavy atom. The predicted molar refractivity (Wildman–Crippen MR) is 83.2 cm³/mol. The summed E-state index contributed by atoms with van der Waals surface area (Å²) in [5.74, 6) is 0. The number of hydrogen-bond donors (Lipinski definition) is 3. The molecule has 114 valence electrons. The standard InChI is InChI=1S/C14H25N3O2S/c1-4-17-20(18,19)13-8-6-5-7-12(13)16-11-14(2,3)9-10-15/h5-8,16-17H,4,9-11,15H2,1-3H3. The Labute approximate surface area is 122 Å². The van der Waals surface area contributed by atoms with Gasteiger partial charge in [-0.25, -0.2) is 13.1 Å². The summed E-state index contributed by atoms with van der Waals surface area (Å²) < 4.78 is 26.8. The molecule has 5 nitrogen and oxygen atoms in total. The first-order chi connectivity index (χ1) is 9.32. The third kappa shape index (κ3) is 4.77. The minimum atomic E-state index is -3.46. The highest BCUT2D eigenvalue weighted by atomic mass is 32.2. The normalized spacial score (nSPS) is 12.4. The summed E-state index contributed by atoms with van der Waals surface area (Å²) in [4.78, 5) is 0.283. The highest BCUT2D eigenvalue weighted by Crippen LogP contribution is 2.24. The molecule has 0 atom stereocenters.